The zero-order chi connectivity index (χ0) is 6.85. The van der Waals surface area contributed by atoms with Gasteiger partial charge in [0.2, 0.25) is 0 Å². The maximum absolute atomic E-state index is 4.10. The maximum Gasteiger partial charge on any atom is 0.105 e. The van der Waals surface area contributed by atoms with E-state index in [0.717, 1.165) is 5.82 Å². The van der Waals surface area contributed by atoms with E-state index in [-0.39, 0.29) is 8.41 Å². The summed E-state index contributed by atoms with van der Waals surface area (Å²) in [6.07, 6.45) is 3.83. The summed E-state index contributed by atoms with van der Waals surface area (Å²) in [4.78, 5) is 4.10. The molecule has 0 unspecified atom stereocenters. The van der Waals surface area contributed by atoms with Crippen molar-refractivity contribution in [3.8, 4) is 0 Å². The van der Waals surface area contributed by atoms with Gasteiger partial charge in [-0.15, -0.1) is 0 Å². The highest BCUT2D eigenvalue weighted by Crippen LogP contribution is 2.05. The summed E-state index contributed by atoms with van der Waals surface area (Å²) in [5, 5.41) is 0. The number of aryl methyl sites for hydroxylation is 1. The van der Waals surface area contributed by atoms with Gasteiger partial charge in [-0.25, -0.2) is 4.98 Å². The van der Waals surface area contributed by atoms with Gasteiger partial charge < -0.3 is 4.57 Å². The van der Waals surface area contributed by atoms with Gasteiger partial charge in [0.15, 0.2) is 0 Å². The maximum atomic E-state index is 4.10. The van der Waals surface area contributed by atoms with Crippen LogP contribution in [0.25, 0.3) is 0 Å². The molecule has 0 radical (unpaired) electrons. The summed E-state index contributed by atoms with van der Waals surface area (Å²) < 4.78 is 2.14. The molecule has 1 rings (SSSR count). The lowest BCUT2D eigenvalue weighted by atomic mass is 10.4. The van der Waals surface area contributed by atoms with Gasteiger partial charge in [0, 0.05) is 18.4 Å². The van der Waals surface area contributed by atoms with Crippen molar-refractivity contribution in [3.63, 3.8) is 0 Å². The van der Waals surface area contributed by atoms with Crippen LogP contribution < -0.4 is 0 Å². The van der Waals surface area contributed by atoms with Gasteiger partial charge >= 0.3 is 0 Å². The van der Waals surface area contributed by atoms with E-state index in [4.69, 9.17) is 0 Å². The van der Waals surface area contributed by atoms with Crippen LogP contribution in [-0.2, 0) is 0 Å². The number of hydrogen-bond donors (Lipinski definition) is 0. The van der Waals surface area contributed by atoms with Crippen molar-refractivity contribution in [2.24, 2.45) is 0 Å². The molecule has 3 heteroatoms. The first kappa shape index (κ1) is 9.27. The minimum atomic E-state index is 0. The number of rotatable bonds is 1. The number of hydrogen-bond acceptors (Lipinski definition) is 1. The van der Waals surface area contributed by atoms with Crippen LogP contribution >= 0.6 is 0 Å². The van der Waals surface area contributed by atoms with E-state index < -0.39 is 0 Å². The fourth-order valence-corrected chi connectivity index (χ4v) is 0.933. The molecule has 0 aliphatic heterocycles. The fraction of sp³-hybridized carbons (Fsp3) is 0.571. The first-order valence-electron chi connectivity index (χ1n) is 3.21. The number of imidazole rings is 1. The largest absolute Gasteiger partial charge is 0.333 e. The molecule has 0 saturated heterocycles. The average Bonchev–Trinajstić information content (AvgIpc) is 2.13. The molecule has 1 heterocycles. The van der Waals surface area contributed by atoms with Crippen LogP contribution in [0.1, 0.15) is 25.7 Å². The number of nitrogens with zero attached hydrogens (tertiary/aromatic N) is 2. The lowest BCUT2D eigenvalue weighted by Gasteiger charge is -2.07. The van der Waals surface area contributed by atoms with Crippen LogP contribution in [-0.4, -0.2) is 18.0 Å². The molecule has 0 N–H and O–H groups in total. The molecule has 0 aromatic carbocycles. The SMILES string of the molecule is B.Cc1nccn1C(C)C. The molecule has 2 nitrogen and oxygen atoms in total. The van der Waals surface area contributed by atoms with Crippen molar-refractivity contribution >= 4 is 8.41 Å². The van der Waals surface area contributed by atoms with Gasteiger partial charge in [-0.05, 0) is 20.8 Å². The van der Waals surface area contributed by atoms with E-state index >= 15 is 0 Å². The topological polar surface area (TPSA) is 17.8 Å². The van der Waals surface area contributed by atoms with E-state index in [9.17, 15) is 0 Å². The Hall–Kier alpha value is -0.725. The van der Waals surface area contributed by atoms with Gasteiger partial charge in [0.1, 0.15) is 5.82 Å². The third kappa shape index (κ3) is 1.63. The van der Waals surface area contributed by atoms with Gasteiger partial charge in [-0.1, -0.05) is 0 Å². The summed E-state index contributed by atoms with van der Waals surface area (Å²) in [6.45, 7) is 6.31. The third-order valence-corrected chi connectivity index (χ3v) is 1.42. The van der Waals surface area contributed by atoms with Crippen LogP contribution in [0.5, 0.6) is 0 Å². The zero-order valence-electron chi connectivity index (χ0n) is 6.13. The van der Waals surface area contributed by atoms with Crippen LogP contribution in [0, 0.1) is 6.92 Å². The Morgan fingerprint density at radius 2 is 2.10 bits per heavy atom. The summed E-state index contributed by atoms with van der Waals surface area (Å²) in [6, 6.07) is 0.535. The van der Waals surface area contributed by atoms with Crippen molar-refractivity contribution in [2.75, 3.05) is 0 Å². The van der Waals surface area contributed by atoms with Crippen molar-refractivity contribution in [1.82, 2.24) is 9.55 Å². The molecule has 10 heavy (non-hydrogen) atoms. The second-order valence-corrected chi connectivity index (χ2v) is 2.48. The standard InChI is InChI=1S/C7H12N2.BH3/c1-6(2)9-5-4-8-7(9)3;/h4-6H,1-3H3;1H3. The highest BCUT2D eigenvalue weighted by atomic mass is 15.1. The minimum absolute atomic E-state index is 0. The molecular formula is C7H15BN2. The average molecular weight is 138 g/mol. The lowest BCUT2D eigenvalue weighted by Crippen LogP contribution is -2.00. The fourth-order valence-electron chi connectivity index (χ4n) is 0.933. The monoisotopic (exact) mass is 138 g/mol. The molecule has 0 aliphatic carbocycles. The summed E-state index contributed by atoms with van der Waals surface area (Å²) in [5.41, 5.74) is 0. The van der Waals surface area contributed by atoms with E-state index in [2.05, 4.69) is 23.4 Å². The highest BCUT2D eigenvalue weighted by Gasteiger charge is 1.98. The molecule has 0 fully saturated rings. The van der Waals surface area contributed by atoms with Crippen molar-refractivity contribution in [3.05, 3.63) is 18.2 Å². The number of aromatic nitrogens is 2. The van der Waals surface area contributed by atoms with Crippen LogP contribution in [0.2, 0.25) is 0 Å². The van der Waals surface area contributed by atoms with Gasteiger partial charge in [-0.2, -0.15) is 0 Å². The van der Waals surface area contributed by atoms with Crippen molar-refractivity contribution < 1.29 is 0 Å². The Balaban J connectivity index is 0.000000810. The van der Waals surface area contributed by atoms with Gasteiger partial charge in [-0.3, -0.25) is 0 Å². The van der Waals surface area contributed by atoms with Crippen molar-refractivity contribution in [1.29, 1.82) is 0 Å². The Bertz CT molecular complexity index is 193. The van der Waals surface area contributed by atoms with E-state index in [1.54, 1.807) is 0 Å². The molecule has 0 amide bonds. The zero-order valence-corrected chi connectivity index (χ0v) is 6.13. The first-order valence-corrected chi connectivity index (χ1v) is 3.21. The minimum Gasteiger partial charge on any atom is -0.333 e. The smallest absolute Gasteiger partial charge is 0.105 e. The second-order valence-electron chi connectivity index (χ2n) is 2.48. The summed E-state index contributed by atoms with van der Waals surface area (Å²) in [7, 11) is 0. The molecule has 0 aliphatic rings. The van der Waals surface area contributed by atoms with E-state index in [1.165, 1.54) is 0 Å². The molecule has 1 aromatic heterocycles. The van der Waals surface area contributed by atoms with Gasteiger partial charge in [0.05, 0.1) is 8.41 Å². The molecule has 0 saturated carbocycles. The van der Waals surface area contributed by atoms with Gasteiger partial charge in [0.25, 0.3) is 0 Å². The molecule has 1 aromatic rings. The lowest BCUT2D eigenvalue weighted by molar-refractivity contribution is 0.582. The van der Waals surface area contributed by atoms with Crippen molar-refractivity contribution in [2.45, 2.75) is 26.8 Å². The molecule has 56 valence electrons. The van der Waals surface area contributed by atoms with Crippen LogP contribution in [0.4, 0.5) is 0 Å². The quantitative estimate of drug-likeness (QED) is 0.519. The Kier molecular flexibility index (Phi) is 3.20. The molecule has 0 spiro atoms. The van der Waals surface area contributed by atoms with E-state index in [1.807, 2.05) is 19.3 Å². The van der Waals surface area contributed by atoms with E-state index in [0.29, 0.717) is 6.04 Å². The molecular weight excluding hydrogens is 123 g/mol. The predicted octanol–water partition coefficient (Wildman–Crippen LogP) is 0.589. The third-order valence-electron chi connectivity index (χ3n) is 1.42. The Morgan fingerprint density at radius 3 is 2.30 bits per heavy atom. The second kappa shape index (κ2) is 3.45. The highest BCUT2D eigenvalue weighted by molar-refractivity contribution is 5.75. The Morgan fingerprint density at radius 1 is 1.50 bits per heavy atom. The normalized spacial score (nSPS) is 9.60. The summed E-state index contributed by atoms with van der Waals surface area (Å²) in [5.74, 6) is 1.09. The molecule has 0 atom stereocenters. The summed E-state index contributed by atoms with van der Waals surface area (Å²) >= 11 is 0. The van der Waals surface area contributed by atoms with Crippen LogP contribution in [0.3, 0.4) is 0 Å². The van der Waals surface area contributed by atoms with Crippen LogP contribution in [0.15, 0.2) is 12.4 Å². The predicted molar refractivity (Wildman–Crippen MR) is 47.3 cm³/mol. The first-order chi connectivity index (χ1) is 4.22. The Labute approximate surface area is 63.9 Å². The molecule has 0 bridgehead atoms.